The highest BCUT2D eigenvalue weighted by Crippen LogP contribution is 2.36. The summed E-state index contributed by atoms with van der Waals surface area (Å²) in [4.78, 5) is 39.1. The maximum atomic E-state index is 12.4. The average Bonchev–Trinajstić information content (AvgIpc) is 3.07. The number of nitro groups is 1. The van der Waals surface area contributed by atoms with Crippen molar-refractivity contribution < 1.29 is 29.1 Å². The lowest BCUT2D eigenvalue weighted by Gasteiger charge is -2.12. The molecule has 0 aliphatic carbocycles. The van der Waals surface area contributed by atoms with Crippen molar-refractivity contribution in [3.63, 3.8) is 0 Å². The van der Waals surface area contributed by atoms with E-state index in [4.69, 9.17) is 9.47 Å². The van der Waals surface area contributed by atoms with E-state index < -0.39 is 16.8 Å². The highest BCUT2D eigenvalue weighted by atomic mass is 32.2. The van der Waals surface area contributed by atoms with Crippen LogP contribution < -0.4 is 14.8 Å². The summed E-state index contributed by atoms with van der Waals surface area (Å²) in [6.45, 7) is 1.67. The molecule has 0 aromatic heterocycles. The molecule has 1 aliphatic heterocycles. The summed E-state index contributed by atoms with van der Waals surface area (Å²) in [6, 6.07) is 7.27. The van der Waals surface area contributed by atoms with Crippen LogP contribution >= 0.6 is 11.8 Å². The number of hydrogen-bond acceptors (Lipinski definition) is 8. The number of carboxylic acid groups (broad SMARTS) is 1. The van der Waals surface area contributed by atoms with Gasteiger partial charge in [-0.2, -0.15) is 0 Å². The highest BCUT2D eigenvalue weighted by Gasteiger charge is 2.26. The van der Waals surface area contributed by atoms with E-state index in [0.29, 0.717) is 11.3 Å². The standard InChI is InChI=1S/C20H17N3O7S/c1-10-8-12(23(27)28)5-6-13(10)21-20-22-18(24)15(31-20)9-11-4-7-14(29-2)17(30-3)16(11)19(25)26/h4-9H,1-3H3,(H,25,26)(H,21,22,24)/b15-9-. The molecule has 31 heavy (non-hydrogen) atoms. The molecule has 1 amide bonds. The number of non-ortho nitro benzene ring substituents is 1. The molecule has 0 unspecified atom stereocenters. The first-order chi connectivity index (χ1) is 14.7. The zero-order chi connectivity index (χ0) is 22.7. The molecule has 10 nitrogen and oxygen atoms in total. The monoisotopic (exact) mass is 443 g/mol. The third-order valence-electron chi connectivity index (χ3n) is 4.34. The third-order valence-corrected chi connectivity index (χ3v) is 5.25. The summed E-state index contributed by atoms with van der Waals surface area (Å²) < 4.78 is 10.3. The van der Waals surface area contributed by atoms with Crippen LogP contribution in [0.15, 0.2) is 40.2 Å². The number of amides is 1. The maximum absolute atomic E-state index is 12.4. The molecule has 0 saturated carbocycles. The minimum Gasteiger partial charge on any atom is -0.493 e. The molecule has 0 atom stereocenters. The molecule has 1 saturated heterocycles. The summed E-state index contributed by atoms with van der Waals surface area (Å²) in [5, 5.41) is 23.4. The molecule has 2 aromatic rings. The van der Waals surface area contributed by atoms with Crippen LogP contribution in [0.3, 0.4) is 0 Å². The Kier molecular flexibility index (Phi) is 6.25. The van der Waals surface area contributed by atoms with Gasteiger partial charge in [-0.05, 0) is 48.0 Å². The van der Waals surface area contributed by atoms with Gasteiger partial charge in [0.1, 0.15) is 5.56 Å². The van der Waals surface area contributed by atoms with Gasteiger partial charge >= 0.3 is 5.97 Å². The molecule has 1 aliphatic rings. The van der Waals surface area contributed by atoms with E-state index >= 15 is 0 Å². The van der Waals surface area contributed by atoms with Crippen LogP contribution in [0.4, 0.5) is 11.4 Å². The number of nitro benzene ring substituents is 1. The number of methoxy groups -OCH3 is 2. The first-order valence-electron chi connectivity index (χ1n) is 8.78. The first-order valence-corrected chi connectivity index (χ1v) is 9.59. The van der Waals surface area contributed by atoms with Crippen LogP contribution in [0.1, 0.15) is 21.5 Å². The molecule has 11 heteroatoms. The van der Waals surface area contributed by atoms with E-state index in [1.165, 1.54) is 44.6 Å². The molecule has 2 aromatic carbocycles. The van der Waals surface area contributed by atoms with Crippen LogP contribution in [0.25, 0.3) is 6.08 Å². The Bertz CT molecular complexity index is 1160. The van der Waals surface area contributed by atoms with Gasteiger partial charge in [0.2, 0.25) is 0 Å². The Morgan fingerprint density at radius 1 is 1.26 bits per heavy atom. The number of amidine groups is 1. The molecule has 1 fully saturated rings. The van der Waals surface area contributed by atoms with Gasteiger partial charge in [0.15, 0.2) is 16.7 Å². The maximum Gasteiger partial charge on any atom is 0.340 e. The fraction of sp³-hybridized carbons (Fsp3) is 0.150. The van der Waals surface area contributed by atoms with Crippen molar-refractivity contribution in [2.45, 2.75) is 6.92 Å². The summed E-state index contributed by atoms with van der Waals surface area (Å²) in [5.74, 6) is -1.39. The van der Waals surface area contributed by atoms with E-state index in [0.717, 1.165) is 11.8 Å². The van der Waals surface area contributed by atoms with Crippen molar-refractivity contribution >= 4 is 46.3 Å². The second-order valence-corrected chi connectivity index (χ2v) is 7.31. The van der Waals surface area contributed by atoms with Gasteiger partial charge in [-0.25, -0.2) is 9.79 Å². The van der Waals surface area contributed by atoms with Gasteiger partial charge in [0.25, 0.3) is 11.6 Å². The predicted octanol–water partition coefficient (Wildman–Crippen LogP) is 3.51. The number of aliphatic imine (C=N–C) groups is 1. The Balaban J connectivity index is 1.96. The van der Waals surface area contributed by atoms with Crippen molar-refractivity contribution in [3.05, 3.63) is 62.0 Å². The van der Waals surface area contributed by atoms with E-state index in [1.807, 2.05) is 0 Å². The lowest BCUT2D eigenvalue weighted by atomic mass is 10.0. The van der Waals surface area contributed by atoms with E-state index in [9.17, 15) is 24.8 Å². The number of thioether (sulfide) groups is 1. The van der Waals surface area contributed by atoms with Gasteiger partial charge in [-0.1, -0.05) is 6.07 Å². The quantitative estimate of drug-likeness (QED) is 0.393. The number of carbonyl (C=O) groups excluding carboxylic acids is 1. The summed E-state index contributed by atoms with van der Waals surface area (Å²) in [6.07, 6.45) is 1.43. The summed E-state index contributed by atoms with van der Waals surface area (Å²) in [5.41, 5.74) is 1.10. The number of hydrogen-bond donors (Lipinski definition) is 2. The van der Waals surface area contributed by atoms with Crippen molar-refractivity contribution in [3.8, 4) is 11.5 Å². The van der Waals surface area contributed by atoms with Gasteiger partial charge in [0.05, 0.1) is 29.7 Å². The van der Waals surface area contributed by atoms with Crippen molar-refractivity contribution in [2.75, 3.05) is 14.2 Å². The Labute approximate surface area is 180 Å². The largest absolute Gasteiger partial charge is 0.493 e. The summed E-state index contributed by atoms with van der Waals surface area (Å²) in [7, 11) is 2.72. The molecule has 1 heterocycles. The van der Waals surface area contributed by atoms with Crippen molar-refractivity contribution in [2.24, 2.45) is 4.99 Å². The van der Waals surface area contributed by atoms with Crippen LogP contribution in [0.2, 0.25) is 0 Å². The van der Waals surface area contributed by atoms with Gasteiger partial charge in [-0.15, -0.1) is 0 Å². The van der Waals surface area contributed by atoms with Crippen LogP contribution in [-0.2, 0) is 4.79 Å². The smallest absolute Gasteiger partial charge is 0.340 e. The number of rotatable bonds is 6. The van der Waals surface area contributed by atoms with Crippen molar-refractivity contribution in [1.29, 1.82) is 0 Å². The normalized spacial score (nSPS) is 15.8. The minimum atomic E-state index is -1.23. The molecule has 160 valence electrons. The Hall–Kier alpha value is -3.86. The lowest BCUT2D eigenvalue weighted by Crippen LogP contribution is -2.19. The van der Waals surface area contributed by atoms with Gasteiger partial charge < -0.3 is 19.9 Å². The fourth-order valence-electron chi connectivity index (χ4n) is 2.89. The number of ether oxygens (including phenoxy) is 2. The van der Waals surface area contributed by atoms with E-state index in [-0.39, 0.29) is 38.4 Å². The second kappa shape index (κ2) is 8.88. The minimum absolute atomic E-state index is 0.0446. The number of nitrogens with one attached hydrogen (secondary N) is 1. The number of nitrogens with zero attached hydrogens (tertiary/aromatic N) is 2. The SMILES string of the molecule is COc1ccc(/C=C2\SC(=Nc3ccc([N+](=O)[O-])cc3C)NC2=O)c(C(=O)O)c1OC. The zero-order valence-electron chi connectivity index (χ0n) is 16.7. The third kappa shape index (κ3) is 4.51. The highest BCUT2D eigenvalue weighted by molar-refractivity contribution is 8.18. The number of aromatic carboxylic acids is 1. The number of benzene rings is 2. The summed E-state index contributed by atoms with van der Waals surface area (Å²) >= 11 is 1.02. The molecular weight excluding hydrogens is 426 g/mol. The second-order valence-electron chi connectivity index (χ2n) is 6.28. The molecular formula is C20H17N3O7S. The van der Waals surface area contributed by atoms with E-state index in [2.05, 4.69) is 10.3 Å². The Morgan fingerprint density at radius 2 is 2.00 bits per heavy atom. The topological polar surface area (TPSA) is 140 Å². The molecule has 3 rings (SSSR count). The fourth-order valence-corrected chi connectivity index (χ4v) is 3.72. The lowest BCUT2D eigenvalue weighted by molar-refractivity contribution is -0.384. The van der Waals surface area contributed by atoms with Crippen LogP contribution in [0, 0.1) is 17.0 Å². The molecule has 0 radical (unpaired) electrons. The number of carbonyl (C=O) groups is 2. The number of carboxylic acids is 1. The molecule has 0 bridgehead atoms. The first kappa shape index (κ1) is 21.8. The average molecular weight is 443 g/mol. The van der Waals surface area contributed by atoms with Crippen LogP contribution in [0.5, 0.6) is 11.5 Å². The zero-order valence-corrected chi connectivity index (χ0v) is 17.5. The predicted molar refractivity (Wildman–Crippen MR) is 115 cm³/mol. The van der Waals surface area contributed by atoms with Crippen LogP contribution in [-0.4, -0.2) is 41.3 Å². The van der Waals surface area contributed by atoms with Crippen molar-refractivity contribution in [1.82, 2.24) is 5.32 Å². The number of aryl methyl sites for hydroxylation is 1. The Morgan fingerprint density at radius 3 is 2.58 bits per heavy atom. The van der Waals surface area contributed by atoms with Gasteiger partial charge in [0, 0.05) is 12.1 Å². The van der Waals surface area contributed by atoms with Gasteiger partial charge in [-0.3, -0.25) is 14.9 Å². The molecule has 2 N–H and O–H groups in total. The van der Waals surface area contributed by atoms with E-state index in [1.54, 1.807) is 13.0 Å². The molecule has 0 spiro atoms.